The third-order valence-electron chi connectivity index (χ3n) is 3.17. The van der Waals surface area contributed by atoms with Gasteiger partial charge >= 0.3 is 0 Å². The van der Waals surface area contributed by atoms with Crippen LogP contribution in [0.5, 0.6) is 0 Å². The minimum Gasteiger partial charge on any atom is -0.389 e. The van der Waals surface area contributed by atoms with E-state index in [0.717, 1.165) is 29.2 Å². The highest BCUT2D eigenvalue weighted by molar-refractivity contribution is 7.80. The van der Waals surface area contributed by atoms with E-state index in [1.54, 1.807) is 0 Å². The molecule has 0 radical (unpaired) electrons. The first-order valence-corrected chi connectivity index (χ1v) is 6.50. The number of thiocarbonyl (C=S) groups is 1. The van der Waals surface area contributed by atoms with Gasteiger partial charge in [0.2, 0.25) is 0 Å². The zero-order valence-electron chi connectivity index (χ0n) is 10.7. The van der Waals surface area contributed by atoms with Gasteiger partial charge in [0.1, 0.15) is 10.8 Å². The minimum absolute atomic E-state index is 0.448. The number of nitrogens with zero attached hydrogens (tertiary/aromatic N) is 2. The lowest BCUT2D eigenvalue weighted by Crippen LogP contribution is -2.30. The van der Waals surface area contributed by atoms with Crippen molar-refractivity contribution in [3.63, 3.8) is 0 Å². The van der Waals surface area contributed by atoms with Crippen molar-refractivity contribution in [2.24, 2.45) is 5.73 Å². The molecule has 1 saturated carbocycles. The Balaban J connectivity index is 2.52. The zero-order valence-corrected chi connectivity index (χ0v) is 11.5. The molecule has 1 heterocycles. The van der Waals surface area contributed by atoms with Crippen LogP contribution in [0.2, 0.25) is 0 Å². The second-order valence-corrected chi connectivity index (χ2v) is 5.10. The van der Waals surface area contributed by atoms with E-state index in [0.29, 0.717) is 11.0 Å². The Kier molecular flexibility index (Phi) is 3.33. The first-order chi connectivity index (χ1) is 8.04. The lowest BCUT2D eigenvalue weighted by atomic mass is 10.1. The molecule has 1 aliphatic carbocycles. The van der Waals surface area contributed by atoms with Gasteiger partial charge in [-0.15, -0.1) is 0 Å². The smallest absolute Gasteiger partial charge is 0.139 e. The maximum atomic E-state index is 5.84. The molecule has 0 atom stereocenters. The van der Waals surface area contributed by atoms with Gasteiger partial charge < -0.3 is 10.6 Å². The second-order valence-electron chi connectivity index (χ2n) is 4.66. The van der Waals surface area contributed by atoms with Crippen LogP contribution in [0.15, 0.2) is 6.07 Å². The predicted octanol–water partition coefficient (Wildman–Crippen LogP) is 2.32. The lowest BCUT2D eigenvalue weighted by Gasteiger charge is -2.25. The Bertz CT molecular complexity index is 452. The molecule has 0 unspecified atom stereocenters. The van der Waals surface area contributed by atoms with Crippen LogP contribution in [0.3, 0.4) is 0 Å². The SMILES string of the molecule is CCN(c1nc(C)cc(C)c1C(N)=S)C1CC1. The summed E-state index contributed by atoms with van der Waals surface area (Å²) in [6.45, 7) is 7.17. The Morgan fingerprint density at radius 2 is 2.18 bits per heavy atom. The van der Waals surface area contributed by atoms with Gasteiger partial charge in [-0.25, -0.2) is 4.98 Å². The number of nitrogens with two attached hydrogens (primary N) is 1. The van der Waals surface area contributed by atoms with Gasteiger partial charge in [0, 0.05) is 18.3 Å². The summed E-state index contributed by atoms with van der Waals surface area (Å²) < 4.78 is 0. The number of aryl methyl sites for hydroxylation is 2. The van der Waals surface area contributed by atoms with E-state index in [1.807, 2.05) is 19.9 Å². The van der Waals surface area contributed by atoms with E-state index in [2.05, 4.69) is 16.8 Å². The van der Waals surface area contributed by atoms with E-state index in [-0.39, 0.29) is 0 Å². The van der Waals surface area contributed by atoms with Crippen LogP contribution in [0, 0.1) is 13.8 Å². The van der Waals surface area contributed by atoms with Gasteiger partial charge in [0.15, 0.2) is 0 Å². The molecular formula is C13H19N3S. The molecule has 0 saturated heterocycles. The van der Waals surface area contributed by atoms with Gasteiger partial charge in [-0.3, -0.25) is 0 Å². The average molecular weight is 249 g/mol. The highest BCUT2D eigenvalue weighted by Crippen LogP contribution is 2.33. The number of hydrogen-bond acceptors (Lipinski definition) is 3. The summed E-state index contributed by atoms with van der Waals surface area (Å²) in [7, 11) is 0. The standard InChI is InChI=1S/C13H19N3S/c1-4-16(10-5-6-10)13-11(12(14)17)8(2)7-9(3)15-13/h7,10H,4-6H2,1-3H3,(H2,14,17). The topological polar surface area (TPSA) is 42.2 Å². The molecule has 92 valence electrons. The molecular weight excluding hydrogens is 230 g/mol. The number of rotatable bonds is 4. The molecule has 1 aromatic heterocycles. The van der Waals surface area contributed by atoms with E-state index in [4.69, 9.17) is 18.0 Å². The summed E-state index contributed by atoms with van der Waals surface area (Å²) in [6, 6.07) is 2.67. The predicted molar refractivity (Wildman–Crippen MR) is 75.6 cm³/mol. The van der Waals surface area contributed by atoms with Crippen LogP contribution in [-0.4, -0.2) is 22.6 Å². The first kappa shape index (κ1) is 12.3. The van der Waals surface area contributed by atoms with Crippen molar-refractivity contribution in [2.45, 2.75) is 39.7 Å². The molecule has 1 aliphatic rings. The van der Waals surface area contributed by atoms with Gasteiger partial charge in [-0.05, 0) is 45.2 Å². The summed E-state index contributed by atoms with van der Waals surface area (Å²) in [4.78, 5) is 7.42. The fourth-order valence-corrected chi connectivity index (χ4v) is 2.55. The highest BCUT2D eigenvalue weighted by Gasteiger charge is 2.31. The fraction of sp³-hybridized carbons (Fsp3) is 0.538. The summed E-state index contributed by atoms with van der Waals surface area (Å²) >= 11 is 5.17. The van der Waals surface area contributed by atoms with Crippen LogP contribution < -0.4 is 10.6 Å². The van der Waals surface area contributed by atoms with Gasteiger partial charge in [-0.1, -0.05) is 12.2 Å². The molecule has 4 heteroatoms. The van der Waals surface area contributed by atoms with E-state index in [9.17, 15) is 0 Å². The fourth-order valence-electron chi connectivity index (χ4n) is 2.30. The largest absolute Gasteiger partial charge is 0.389 e. The molecule has 2 rings (SSSR count). The van der Waals surface area contributed by atoms with Crippen LogP contribution in [0.1, 0.15) is 36.6 Å². The number of pyridine rings is 1. The molecule has 0 bridgehead atoms. The molecule has 1 aromatic rings. The van der Waals surface area contributed by atoms with Gasteiger partial charge in [-0.2, -0.15) is 0 Å². The van der Waals surface area contributed by atoms with Crippen molar-refractivity contribution < 1.29 is 0 Å². The van der Waals surface area contributed by atoms with E-state index < -0.39 is 0 Å². The maximum absolute atomic E-state index is 5.84. The molecule has 0 aliphatic heterocycles. The van der Waals surface area contributed by atoms with Crippen molar-refractivity contribution in [1.29, 1.82) is 0 Å². The third-order valence-corrected chi connectivity index (χ3v) is 3.38. The Morgan fingerprint density at radius 1 is 1.53 bits per heavy atom. The number of hydrogen-bond donors (Lipinski definition) is 1. The minimum atomic E-state index is 0.448. The average Bonchev–Trinajstić information content (AvgIpc) is 3.01. The van der Waals surface area contributed by atoms with Crippen LogP contribution in [-0.2, 0) is 0 Å². The van der Waals surface area contributed by atoms with Crippen molar-refractivity contribution in [3.05, 3.63) is 22.9 Å². The lowest BCUT2D eigenvalue weighted by molar-refractivity contribution is 0.803. The van der Waals surface area contributed by atoms with Crippen LogP contribution in [0.25, 0.3) is 0 Å². The zero-order chi connectivity index (χ0) is 12.6. The monoisotopic (exact) mass is 249 g/mol. The quantitative estimate of drug-likeness (QED) is 0.832. The molecule has 2 N–H and O–H groups in total. The van der Waals surface area contributed by atoms with E-state index in [1.165, 1.54) is 12.8 Å². The van der Waals surface area contributed by atoms with Crippen molar-refractivity contribution >= 4 is 23.0 Å². The molecule has 17 heavy (non-hydrogen) atoms. The Labute approximate surface area is 108 Å². The molecule has 0 spiro atoms. The summed E-state index contributed by atoms with van der Waals surface area (Å²) in [5.41, 5.74) is 8.94. The molecule has 3 nitrogen and oxygen atoms in total. The normalized spacial score (nSPS) is 14.8. The highest BCUT2D eigenvalue weighted by atomic mass is 32.1. The van der Waals surface area contributed by atoms with Crippen LogP contribution >= 0.6 is 12.2 Å². The number of anilines is 1. The molecule has 0 aromatic carbocycles. The summed E-state index contributed by atoms with van der Waals surface area (Å²) in [5, 5.41) is 0. The van der Waals surface area contributed by atoms with Gasteiger partial charge in [0.05, 0.1) is 5.56 Å². The summed E-state index contributed by atoms with van der Waals surface area (Å²) in [6.07, 6.45) is 2.50. The summed E-state index contributed by atoms with van der Waals surface area (Å²) in [5.74, 6) is 0.972. The van der Waals surface area contributed by atoms with E-state index >= 15 is 0 Å². The van der Waals surface area contributed by atoms with Crippen molar-refractivity contribution in [1.82, 2.24) is 4.98 Å². The second kappa shape index (κ2) is 4.61. The number of aromatic nitrogens is 1. The molecule has 0 amide bonds. The Hall–Kier alpha value is -1.16. The van der Waals surface area contributed by atoms with Crippen molar-refractivity contribution in [2.75, 3.05) is 11.4 Å². The maximum Gasteiger partial charge on any atom is 0.139 e. The molecule has 1 fully saturated rings. The third kappa shape index (κ3) is 2.41. The van der Waals surface area contributed by atoms with Crippen molar-refractivity contribution in [3.8, 4) is 0 Å². The van der Waals surface area contributed by atoms with Gasteiger partial charge in [0.25, 0.3) is 0 Å². The first-order valence-electron chi connectivity index (χ1n) is 6.09. The van der Waals surface area contributed by atoms with Crippen LogP contribution in [0.4, 0.5) is 5.82 Å². The Morgan fingerprint density at radius 3 is 2.65 bits per heavy atom.